The zero-order valence-corrected chi connectivity index (χ0v) is 18.2. The van der Waals surface area contributed by atoms with Gasteiger partial charge in [0.1, 0.15) is 4.88 Å². The number of nitrogens with one attached hydrogen (secondary N) is 1. The zero-order chi connectivity index (χ0) is 20.4. The van der Waals surface area contributed by atoms with E-state index < -0.39 is 0 Å². The molecule has 0 saturated heterocycles. The SMILES string of the molecule is CC(C)Sc1ccc(Cc2nnc(NC(=O)c3sc4ccccc4c3Cl)o2)cc1. The number of nitrogens with zero attached hydrogens (tertiary/aromatic N) is 2. The Labute approximate surface area is 181 Å². The minimum absolute atomic E-state index is 0.0607. The molecule has 2 heterocycles. The number of halogens is 1. The predicted molar refractivity (Wildman–Crippen MR) is 119 cm³/mol. The molecule has 0 aliphatic carbocycles. The Kier molecular flexibility index (Phi) is 5.89. The molecular weight excluding hydrogens is 426 g/mol. The average molecular weight is 444 g/mol. The van der Waals surface area contributed by atoms with E-state index in [0.717, 1.165) is 15.6 Å². The molecule has 148 valence electrons. The Bertz CT molecular complexity index is 1150. The van der Waals surface area contributed by atoms with Crippen LogP contribution in [0.15, 0.2) is 57.8 Å². The second-order valence-electron chi connectivity index (χ2n) is 6.68. The van der Waals surface area contributed by atoms with Crippen molar-refractivity contribution in [2.75, 3.05) is 5.32 Å². The number of aromatic nitrogens is 2. The van der Waals surface area contributed by atoms with Crippen LogP contribution >= 0.6 is 34.7 Å². The van der Waals surface area contributed by atoms with E-state index in [2.05, 4.69) is 41.5 Å². The van der Waals surface area contributed by atoms with Crippen molar-refractivity contribution < 1.29 is 9.21 Å². The summed E-state index contributed by atoms with van der Waals surface area (Å²) in [5, 5.41) is 12.4. The lowest BCUT2D eigenvalue weighted by Gasteiger charge is -2.05. The first kappa shape index (κ1) is 19.9. The molecule has 0 fully saturated rings. The summed E-state index contributed by atoms with van der Waals surface area (Å²) in [6, 6.07) is 15.9. The van der Waals surface area contributed by atoms with Crippen molar-refractivity contribution >= 4 is 56.7 Å². The highest BCUT2D eigenvalue weighted by Gasteiger charge is 2.19. The van der Waals surface area contributed by atoms with E-state index in [0.29, 0.717) is 27.5 Å². The van der Waals surface area contributed by atoms with Gasteiger partial charge < -0.3 is 4.42 Å². The Morgan fingerprint density at radius 2 is 1.93 bits per heavy atom. The van der Waals surface area contributed by atoms with E-state index in [9.17, 15) is 4.79 Å². The van der Waals surface area contributed by atoms with E-state index in [1.165, 1.54) is 16.2 Å². The fraction of sp³-hybridized carbons (Fsp3) is 0.190. The van der Waals surface area contributed by atoms with Crippen LogP contribution in [0, 0.1) is 0 Å². The van der Waals surface area contributed by atoms with Crippen LogP contribution < -0.4 is 5.32 Å². The highest BCUT2D eigenvalue weighted by Crippen LogP contribution is 2.35. The third-order valence-corrected chi connectivity index (χ3v) is 6.77. The summed E-state index contributed by atoms with van der Waals surface area (Å²) in [7, 11) is 0. The van der Waals surface area contributed by atoms with E-state index in [1.807, 2.05) is 48.2 Å². The van der Waals surface area contributed by atoms with Gasteiger partial charge in [-0.2, -0.15) is 0 Å². The maximum atomic E-state index is 12.6. The quantitative estimate of drug-likeness (QED) is 0.355. The fourth-order valence-corrected chi connectivity index (χ4v) is 5.07. The second kappa shape index (κ2) is 8.57. The molecular formula is C21H18ClN3O2S2. The molecule has 2 aromatic carbocycles. The van der Waals surface area contributed by atoms with E-state index in [1.54, 1.807) is 0 Å². The van der Waals surface area contributed by atoms with Crippen LogP contribution in [0.2, 0.25) is 5.02 Å². The molecule has 0 atom stereocenters. The highest BCUT2D eigenvalue weighted by atomic mass is 35.5. The number of hydrogen-bond acceptors (Lipinski definition) is 6. The summed E-state index contributed by atoms with van der Waals surface area (Å²) in [5.41, 5.74) is 1.06. The number of carbonyl (C=O) groups is 1. The van der Waals surface area contributed by atoms with Gasteiger partial charge in [-0.05, 0) is 23.8 Å². The molecule has 0 bridgehead atoms. The van der Waals surface area contributed by atoms with Crippen molar-refractivity contribution in [3.05, 3.63) is 69.9 Å². The summed E-state index contributed by atoms with van der Waals surface area (Å²) < 4.78 is 6.54. The normalized spacial score (nSPS) is 11.3. The number of anilines is 1. The maximum absolute atomic E-state index is 12.6. The van der Waals surface area contributed by atoms with Crippen molar-refractivity contribution in [1.82, 2.24) is 10.2 Å². The minimum Gasteiger partial charge on any atom is -0.407 e. The van der Waals surface area contributed by atoms with E-state index in [4.69, 9.17) is 16.0 Å². The van der Waals surface area contributed by atoms with Gasteiger partial charge in [0, 0.05) is 20.2 Å². The minimum atomic E-state index is -0.360. The molecule has 0 aliphatic heterocycles. The number of fused-ring (bicyclic) bond motifs is 1. The van der Waals surface area contributed by atoms with Gasteiger partial charge in [-0.1, -0.05) is 60.9 Å². The first-order valence-electron chi connectivity index (χ1n) is 9.06. The summed E-state index contributed by atoms with van der Waals surface area (Å²) in [4.78, 5) is 14.2. The average Bonchev–Trinajstić information content (AvgIpc) is 3.27. The van der Waals surface area contributed by atoms with Gasteiger partial charge in [0.05, 0.1) is 11.4 Å². The van der Waals surface area contributed by atoms with Gasteiger partial charge in [0.25, 0.3) is 5.91 Å². The molecule has 4 rings (SSSR count). The van der Waals surface area contributed by atoms with Crippen LogP contribution in [0.3, 0.4) is 0 Å². The first-order chi connectivity index (χ1) is 14.0. The molecule has 5 nitrogen and oxygen atoms in total. The number of benzene rings is 2. The van der Waals surface area contributed by atoms with Crippen molar-refractivity contribution in [2.45, 2.75) is 30.4 Å². The van der Waals surface area contributed by atoms with Crippen LogP contribution in [-0.2, 0) is 6.42 Å². The number of amides is 1. The second-order valence-corrected chi connectivity index (χ2v) is 9.76. The Hall–Kier alpha value is -2.35. The lowest BCUT2D eigenvalue weighted by Crippen LogP contribution is -2.10. The monoisotopic (exact) mass is 443 g/mol. The van der Waals surface area contributed by atoms with Crippen LogP contribution in [0.1, 0.15) is 35.0 Å². The summed E-state index contributed by atoms with van der Waals surface area (Å²) >= 11 is 9.50. The first-order valence-corrected chi connectivity index (χ1v) is 11.1. The van der Waals surface area contributed by atoms with Gasteiger partial charge in [-0.15, -0.1) is 28.2 Å². The molecule has 1 amide bonds. The Balaban J connectivity index is 1.43. The number of rotatable bonds is 6. The van der Waals surface area contributed by atoms with Crippen LogP contribution in [0.25, 0.3) is 10.1 Å². The molecule has 0 saturated carbocycles. The van der Waals surface area contributed by atoms with Gasteiger partial charge in [0.15, 0.2) is 0 Å². The number of thiophene rings is 1. The number of carbonyl (C=O) groups excluding carboxylic acids is 1. The molecule has 1 N–H and O–H groups in total. The van der Waals surface area contributed by atoms with Gasteiger partial charge in [-0.25, -0.2) is 0 Å². The molecule has 29 heavy (non-hydrogen) atoms. The van der Waals surface area contributed by atoms with Gasteiger partial charge in [0.2, 0.25) is 5.89 Å². The third kappa shape index (κ3) is 4.63. The van der Waals surface area contributed by atoms with Gasteiger partial charge >= 0.3 is 6.01 Å². The Morgan fingerprint density at radius 1 is 1.17 bits per heavy atom. The maximum Gasteiger partial charge on any atom is 0.322 e. The lowest BCUT2D eigenvalue weighted by atomic mass is 10.1. The molecule has 0 unspecified atom stereocenters. The van der Waals surface area contributed by atoms with E-state index >= 15 is 0 Å². The Morgan fingerprint density at radius 3 is 2.66 bits per heavy atom. The molecule has 2 aromatic heterocycles. The van der Waals surface area contributed by atoms with Crippen molar-refractivity contribution in [2.24, 2.45) is 0 Å². The van der Waals surface area contributed by atoms with Crippen LogP contribution in [0.5, 0.6) is 0 Å². The summed E-state index contributed by atoms with van der Waals surface area (Å²) in [5.74, 6) is 0.0773. The largest absolute Gasteiger partial charge is 0.407 e. The topological polar surface area (TPSA) is 68.0 Å². The summed E-state index contributed by atoms with van der Waals surface area (Å²) in [6.45, 7) is 4.33. The predicted octanol–water partition coefficient (Wildman–Crippen LogP) is 6.28. The van der Waals surface area contributed by atoms with Gasteiger partial charge in [-0.3, -0.25) is 10.1 Å². The molecule has 4 aromatic rings. The standard InChI is InChI=1S/C21H18ClN3O2S2/c1-12(2)28-14-9-7-13(8-10-14)11-17-24-25-21(27-17)23-20(26)19-18(22)15-5-3-4-6-16(15)29-19/h3-10,12H,11H2,1-2H3,(H,23,25,26). The zero-order valence-electron chi connectivity index (χ0n) is 15.8. The highest BCUT2D eigenvalue weighted by molar-refractivity contribution is 7.99. The van der Waals surface area contributed by atoms with Crippen LogP contribution in [-0.4, -0.2) is 21.4 Å². The number of hydrogen-bond donors (Lipinski definition) is 1. The van der Waals surface area contributed by atoms with Crippen LogP contribution in [0.4, 0.5) is 6.01 Å². The van der Waals surface area contributed by atoms with E-state index in [-0.39, 0.29) is 11.9 Å². The molecule has 0 aliphatic rings. The summed E-state index contributed by atoms with van der Waals surface area (Å²) in [6.07, 6.45) is 0.499. The third-order valence-electron chi connectivity index (χ3n) is 4.08. The fourth-order valence-electron chi connectivity index (χ4n) is 2.82. The smallest absolute Gasteiger partial charge is 0.322 e. The van der Waals surface area contributed by atoms with Crippen molar-refractivity contribution in [3.63, 3.8) is 0 Å². The van der Waals surface area contributed by atoms with Crippen molar-refractivity contribution in [3.8, 4) is 0 Å². The molecule has 0 radical (unpaired) electrons. The molecule has 8 heteroatoms. The number of thioether (sulfide) groups is 1. The lowest BCUT2D eigenvalue weighted by molar-refractivity contribution is 0.102. The molecule has 0 spiro atoms. The van der Waals surface area contributed by atoms with Crippen molar-refractivity contribution in [1.29, 1.82) is 0 Å².